The van der Waals surface area contributed by atoms with Gasteiger partial charge in [0.25, 0.3) is 0 Å². The minimum atomic E-state index is 0.344. The molecule has 1 aromatic rings. The Hall–Kier alpha value is -0.930. The summed E-state index contributed by atoms with van der Waals surface area (Å²) in [4.78, 5) is 4.17. The standard InChI is InChI=1S/C7H9N.C4H8O.C4H10O/c1-6-4-3-5-7(2)8-6;1-2-4-5-3-1;1-2-3-4-5/h3-5H,1-2H3;1-4H2;5H,2-4H2,1H3. The van der Waals surface area contributed by atoms with Gasteiger partial charge in [0, 0.05) is 31.2 Å². The van der Waals surface area contributed by atoms with Crippen molar-refractivity contribution in [3.8, 4) is 0 Å². The van der Waals surface area contributed by atoms with Crippen LogP contribution < -0.4 is 0 Å². The van der Waals surface area contributed by atoms with Gasteiger partial charge in [-0.1, -0.05) is 19.4 Å². The molecule has 1 fully saturated rings. The Kier molecular flexibility index (Phi) is 11.9. The summed E-state index contributed by atoms with van der Waals surface area (Å²) >= 11 is 0. The monoisotopic (exact) mass is 253 g/mol. The third-order valence-corrected chi connectivity index (χ3v) is 2.37. The highest BCUT2D eigenvalue weighted by molar-refractivity contribution is 5.07. The van der Waals surface area contributed by atoms with Crippen LogP contribution in [0.4, 0.5) is 0 Å². The number of aliphatic hydroxyl groups is 1. The van der Waals surface area contributed by atoms with Gasteiger partial charge in [0.1, 0.15) is 0 Å². The van der Waals surface area contributed by atoms with E-state index >= 15 is 0 Å². The van der Waals surface area contributed by atoms with Crippen LogP contribution in [0, 0.1) is 13.8 Å². The van der Waals surface area contributed by atoms with Gasteiger partial charge in [0.15, 0.2) is 0 Å². The fraction of sp³-hybridized carbons (Fsp3) is 0.667. The first kappa shape index (κ1) is 17.1. The molecule has 0 aromatic carbocycles. The number of unbranched alkanes of at least 4 members (excludes halogenated alkanes) is 1. The molecule has 2 rings (SSSR count). The Morgan fingerprint density at radius 1 is 1.17 bits per heavy atom. The fourth-order valence-electron chi connectivity index (χ4n) is 1.35. The van der Waals surface area contributed by atoms with Crippen molar-refractivity contribution < 1.29 is 9.84 Å². The maximum Gasteiger partial charge on any atom is 0.0466 e. The van der Waals surface area contributed by atoms with Gasteiger partial charge in [-0.3, -0.25) is 4.98 Å². The lowest BCUT2D eigenvalue weighted by molar-refractivity contribution is 0.198. The summed E-state index contributed by atoms with van der Waals surface area (Å²) in [6, 6.07) is 6.00. The number of nitrogens with zero attached hydrogens (tertiary/aromatic N) is 1. The number of aryl methyl sites for hydroxylation is 2. The van der Waals surface area contributed by atoms with Crippen molar-refractivity contribution in [2.24, 2.45) is 0 Å². The lowest BCUT2D eigenvalue weighted by atomic mass is 10.3. The van der Waals surface area contributed by atoms with Crippen LogP contribution in [0.25, 0.3) is 0 Å². The Morgan fingerprint density at radius 2 is 1.72 bits per heavy atom. The maximum atomic E-state index is 8.07. The number of rotatable bonds is 2. The van der Waals surface area contributed by atoms with Gasteiger partial charge in [-0.05, 0) is 45.2 Å². The lowest BCUT2D eigenvalue weighted by Gasteiger charge is -1.90. The van der Waals surface area contributed by atoms with E-state index in [2.05, 4.69) is 11.9 Å². The number of aromatic nitrogens is 1. The third-order valence-electron chi connectivity index (χ3n) is 2.37. The van der Waals surface area contributed by atoms with Crippen molar-refractivity contribution in [2.75, 3.05) is 19.8 Å². The first-order chi connectivity index (χ1) is 8.70. The Labute approximate surface area is 111 Å². The van der Waals surface area contributed by atoms with Crippen molar-refractivity contribution in [1.82, 2.24) is 4.98 Å². The van der Waals surface area contributed by atoms with Gasteiger partial charge in [-0.15, -0.1) is 0 Å². The second-order valence-corrected chi connectivity index (χ2v) is 4.32. The molecule has 18 heavy (non-hydrogen) atoms. The molecule has 0 radical (unpaired) electrons. The maximum absolute atomic E-state index is 8.07. The molecule has 0 bridgehead atoms. The van der Waals surface area contributed by atoms with Gasteiger partial charge < -0.3 is 9.84 Å². The molecule has 2 heterocycles. The van der Waals surface area contributed by atoms with Gasteiger partial charge in [0.05, 0.1) is 0 Å². The SMILES string of the molecule is C1CCOC1.CCCCO.Cc1cccc(C)n1. The van der Waals surface area contributed by atoms with E-state index in [0.717, 1.165) is 37.4 Å². The van der Waals surface area contributed by atoms with E-state index in [9.17, 15) is 0 Å². The number of pyridine rings is 1. The van der Waals surface area contributed by atoms with Gasteiger partial charge >= 0.3 is 0 Å². The average molecular weight is 253 g/mol. The third kappa shape index (κ3) is 11.6. The van der Waals surface area contributed by atoms with Gasteiger partial charge in [-0.25, -0.2) is 0 Å². The molecule has 0 amide bonds. The molecule has 1 aliphatic rings. The number of hydrogen-bond acceptors (Lipinski definition) is 3. The predicted octanol–water partition coefficient (Wildman–Crippen LogP) is 3.27. The number of hydrogen-bond donors (Lipinski definition) is 1. The summed E-state index contributed by atoms with van der Waals surface area (Å²) in [5.41, 5.74) is 2.18. The molecule has 3 nitrogen and oxygen atoms in total. The van der Waals surface area contributed by atoms with E-state index in [1.54, 1.807) is 0 Å². The Bertz CT molecular complexity index is 259. The van der Waals surface area contributed by atoms with Crippen molar-refractivity contribution in [1.29, 1.82) is 0 Å². The summed E-state index contributed by atoms with van der Waals surface area (Å²) in [5.74, 6) is 0. The molecule has 0 unspecified atom stereocenters. The van der Waals surface area contributed by atoms with E-state index in [4.69, 9.17) is 9.84 Å². The van der Waals surface area contributed by atoms with Crippen LogP contribution >= 0.6 is 0 Å². The number of ether oxygens (including phenoxy) is 1. The highest BCUT2D eigenvalue weighted by atomic mass is 16.5. The average Bonchev–Trinajstić information content (AvgIpc) is 2.89. The molecule has 0 saturated carbocycles. The molecule has 1 N–H and O–H groups in total. The highest BCUT2D eigenvalue weighted by Gasteiger charge is 1.94. The van der Waals surface area contributed by atoms with Crippen LogP contribution in [-0.4, -0.2) is 29.9 Å². The molecule has 1 aliphatic heterocycles. The number of aliphatic hydroxyl groups excluding tert-OH is 1. The van der Waals surface area contributed by atoms with Crippen LogP contribution in [0.1, 0.15) is 44.0 Å². The molecular formula is C15H27NO2. The van der Waals surface area contributed by atoms with Crippen molar-refractivity contribution in [3.05, 3.63) is 29.6 Å². The zero-order valence-corrected chi connectivity index (χ0v) is 12.0. The first-order valence-corrected chi connectivity index (χ1v) is 6.79. The second kappa shape index (κ2) is 12.5. The van der Waals surface area contributed by atoms with E-state index in [1.165, 1.54) is 12.8 Å². The van der Waals surface area contributed by atoms with Crippen LogP contribution in [0.15, 0.2) is 18.2 Å². The summed E-state index contributed by atoms with van der Waals surface area (Å²) in [6.45, 7) is 8.38. The van der Waals surface area contributed by atoms with E-state index in [-0.39, 0.29) is 0 Å². The van der Waals surface area contributed by atoms with Crippen LogP contribution in [0.3, 0.4) is 0 Å². The highest BCUT2D eigenvalue weighted by Crippen LogP contribution is 1.98. The van der Waals surface area contributed by atoms with Crippen molar-refractivity contribution in [3.63, 3.8) is 0 Å². The molecule has 1 saturated heterocycles. The van der Waals surface area contributed by atoms with Crippen LogP contribution in [-0.2, 0) is 4.74 Å². The largest absolute Gasteiger partial charge is 0.396 e. The minimum Gasteiger partial charge on any atom is -0.396 e. The van der Waals surface area contributed by atoms with Crippen molar-refractivity contribution >= 4 is 0 Å². The van der Waals surface area contributed by atoms with E-state index in [0.29, 0.717) is 6.61 Å². The Balaban J connectivity index is 0.000000254. The molecule has 0 atom stereocenters. The minimum absolute atomic E-state index is 0.344. The normalized spacial score (nSPS) is 13.1. The molecule has 0 aliphatic carbocycles. The van der Waals surface area contributed by atoms with Crippen LogP contribution in [0.2, 0.25) is 0 Å². The van der Waals surface area contributed by atoms with E-state index < -0.39 is 0 Å². The molecule has 0 spiro atoms. The zero-order valence-electron chi connectivity index (χ0n) is 12.0. The van der Waals surface area contributed by atoms with E-state index in [1.807, 2.05) is 32.0 Å². The van der Waals surface area contributed by atoms with Gasteiger partial charge in [0.2, 0.25) is 0 Å². The fourth-order valence-corrected chi connectivity index (χ4v) is 1.35. The quantitative estimate of drug-likeness (QED) is 0.879. The molecule has 104 valence electrons. The second-order valence-electron chi connectivity index (χ2n) is 4.32. The molecule has 1 aromatic heterocycles. The topological polar surface area (TPSA) is 42.4 Å². The lowest BCUT2D eigenvalue weighted by Crippen LogP contribution is -1.81. The summed E-state index contributed by atoms with van der Waals surface area (Å²) in [6.07, 6.45) is 4.59. The zero-order chi connectivity index (χ0) is 13.6. The molecule has 3 heteroatoms. The smallest absolute Gasteiger partial charge is 0.0466 e. The van der Waals surface area contributed by atoms with Crippen molar-refractivity contribution in [2.45, 2.75) is 46.5 Å². The van der Waals surface area contributed by atoms with Crippen LogP contribution in [0.5, 0.6) is 0 Å². The summed E-state index contributed by atoms with van der Waals surface area (Å²) in [7, 11) is 0. The predicted molar refractivity (Wildman–Crippen MR) is 75.8 cm³/mol. The Morgan fingerprint density at radius 3 is 1.89 bits per heavy atom. The first-order valence-electron chi connectivity index (χ1n) is 6.79. The molecular weight excluding hydrogens is 226 g/mol. The summed E-state index contributed by atoms with van der Waals surface area (Å²) in [5, 5.41) is 8.07. The van der Waals surface area contributed by atoms with Gasteiger partial charge in [-0.2, -0.15) is 0 Å². The summed E-state index contributed by atoms with van der Waals surface area (Å²) < 4.78 is 4.94.